The molecule has 6 nitrogen and oxygen atoms in total. The first kappa shape index (κ1) is 25.2. The molecule has 0 aliphatic carbocycles. The molecular formula is C27H24F3N3O3. The highest BCUT2D eigenvalue weighted by molar-refractivity contribution is 6.18. The lowest BCUT2D eigenvalue weighted by molar-refractivity contribution is -0.143. The number of amides is 2. The lowest BCUT2D eigenvalue weighted by atomic mass is 9.81. The molecule has 2 heterocycles. The predicted molar refractivity (Wildman–Crippen MR) is 129 cm³/mol. The van der Waals surface area contributed by atoms with Gasteiger partial charge in [0.25, 0.3) is 11.8 Å². The lowest BCUT2D eigenvalue weighted by Gasteiger charge is -2.29. The smallest absolute Gasteiger partial charge is 0.396 e. The summed E-state index contributed by atoms with van der Waals surface area (Å²) in [6.07, 6.45) is -2.63. The molecule has 1 N–H and O–H groups in total. The normalized spacial score (nSPS) is 20.1. The molecule has 0 atom stereocenters. The highest BCUT2D eigenvalue weighted by atomic mass is 19.4. The first-order valence-corrected chi connectivity index (χ1v) is 11.3. The van der Waals surface area contributed by atoms with Crippen LogP contribution < -0.4 is 4.90 Å². The molecule has 4 rings (SSSR count). The molecule has 0 saturated carbocycles. The number of benzene rings is 2. The van der Waals surface area contributed by atoms with E-state index in [1.165, 1.54) is 12.1 Å². The fourth-order valence-electron chi connectivity index (χ4n) is 5.06. The Kier molecular flexibility index (Phi) is 6.27. The molecule has 2 aromatic rings. The largest absolute Gasteiger partial charge is 0.418 e. The Morgan fingerprint density at radius 3 is 2.42 bits per heavy atom. The van der Waals surface area contributed by atoms with E-state index in [1.54, 1.807) is 7.05 Å². The van der Waals surface area contributed by atoms with E-state index in [4.69, 9.17) is 5.11 Å². The Labute approximate surface area is 206 Å². The third-order valence-corrected chi connectivity index (χ3v) is 6.69. The van der Waals surface area contributed by atoms with E-state index in [-0.39, 0.29) is 19.6 Å². The molecule has 2 aromatic carbocycles. The third-order valence-electron chi connectivity index (χ3n) is 6.69. The maximum Gasteiger partial charge on any atom is 0.418 e. The number of anilines is 1. The standard InChI is InChI=1S/C27H24F3N3O3/c1-26(2)21(32(3)20-11-9-16-7-4-5-8-17(16)23(20)26)12-10-18-22(27(28,29)30)19(15-31)25(36)33(24(18)35)13-6-14-34/h4-5,7-12,34H,6,13-14H2,1-3H3/b18-10-,21-12+. The molecule has 0 bridgehead atoms. The number of nitrogens with zero attached hydrogens (tertiary/aromatic N) is 3. The summed E-state index contributed by atoms with van der Waals surface area (Å²) >= 11 is 0. The summed E-state index contributed by atoms with van der Waals surface area (Å²) in [5.74, 6) is -2.47. The average Bonchev–Trinajstić information content (AvgIpc) is 3.02. The molecule has 0 fully saturated rings. The van der Waals surface area contributed by atoms with E-state index < -0.39 is 40.1 Å². The number of carbonyl (C=O) groups excluding carboxylic acids is 2. The summed E-state index contributed by atoms with van der Waals surface area (Å²) < 4.78 is 42.1. The average molecular weight is 496 g/mol. The molecule has 0 saturated heterocycles. The van der Waals surface area contributed by atoms with Crippen molar-refractivity contribution in [1.82, 2.24) is 4.90 Å². The number of hydrogen-bond donors (Lipinski definition) is 1. The summed E-state index contributed by atoms with van der Waals surface area (Å²) in [6, 6.07) is 13.1. The number of nitriles is 1. The summed E-state index contributed by atoms with van der Waals surface area (Å²) in [4.78, 5) is 28.1. The molecule has 2 aliphatic rings. The Morgan fingerprint density at radius 2 is 1.78 bits per heavy atom. The van der Waals surface area contributed by atoms with Crippen molar-refractivity contribution < 1.29 is 27.9 Å². The van der Waals surface area contributed by atoms with Gasteiger partial charge in [-0.15, -0.1) is 0 Å². The van der Waals surface area contributed by atoms with Crippen LogP contribution in [0.1, 0.15) is 25.8 Å². The van der Waals surface area contributed by atoms with E-state index >= 15 is 0 Å². The molecule has 0 aromatic heterocycles. The quantitative estimate of drug-likeness (QED) is 0.498. The van der Waals surface area contributed by atoms with Crippen molar-refractivity contribution in [2.45, 2.75) is 31.9 Å². The van der Waals surface area contributed by atoms with Crippen LogP contribution in [0.2, 0.25) is 0 Å². The second-order valence-electron chi connectivity index (χ2n) is 9.20. The molecular weight excluding hydrogens is 471 g/mol. The number of aliphatic hydroxyl groups is 1. The molecule has 9 heteroatoms. The van der Waals surface area contributed by atoms with E-state index in [0.717, 1.165) is 28.1 Å². The summed E-state index contributed by atoms with van der Waals surface area (Å²) in [5, 5.41) is 20.5. The van der Waals surface area contributed by atoms with Gasteiger partial charge < -0.3 is 10.0 Å². The predicted octanol–water partition coefficient (Wildman–Crippen LogP) is 4.51. The van der Waals surface area contributed by atoms with Gasteiger partial charge in [0.1, 0.15) is 11.6 Å². The number of fused-ring (bicyclic) bond motifs is 3. The van der Waals surface area contributed by atoms with Gasteiger partial charge in [-0.1, -0.05) is 44.2 Å². The maximum absolute atomic E-state index is 14.0. The van der Waals surface area contributed by atoms with Crippen LogP contribution in [0.4, 0.5) is 18.9 Å². The van der Waals surface area contributed by atoms with Gasteiger partial charge in [0, 0.05) is 37.0 Å². The minimum atomic E-state index is -5.10. The van der Waals surface area contributed by atoms with Crippen molar-refractivity contribution in [3.63, 3.8) is 0 Å². The van der Waals surface area contributed by atoms with Crippen molar-refractivity contribution in [3.8, 4) is 6.07 Å². The van der Waals surface area contributed by atoms with Crippen LogP contribution in [0.15, 0.2) is 71.0 Å². The first-order valence-electron chi connectivity index (χ1n) is 11.3. The Balaban J connectivity index is 1.90. The Bertz CT molecular complexity index is 1410. The number of likely N-dealkylation sites (N-methyl/N-ethyl adjacent to an activating group) is 1. The molecule has 0 unspecified atom stereocenters. The third kappa shape index (κ3) is 3.88. The minimum Gasteiger partial charge on any atom is -0.396 e. The Hall–Kier alpha value is -3.90. The number of rotatable bonds is 4. The fourth-order valence-corrected chi connectivity index (χ4v) is 5.06. The monoisotopic (exact) mass is 495 g/mol. The summed E-state index contributed by atoms with van der Waals surface area (Å²) in [7, 11) is 1.80. The Morgan fingerprint density at radius 1 is 1.08 bits per heavy atom. The highest BCUT2D eigenvalue weighted by Gasteiger charge is 2.48. The van der Waals surface area contributed by atoms with E-state index in [1.807, 2.05) is 55.1 Å². The van der Waals surface area contributed by atoms with Crippen molar-refractivity contribution in [1.29, 1.82) is 5.26 Å². The van der Waals surface area contributed by atoms with Gasteiger partial charge in [0.15, 0.2) is 0 Å². The molecule has 2 aliphatic heterocycles. The minimum absolute atomic E-state index is 0.0237. The lowest BCUT2D eigenvalue weighted by Crippen LogP contribution is -2.45. The van der Waals surface area contributed by atoms with Gasteiger partial charge >= 0.3 is 6.18 Å². The second kappa shape index (κ2) is 8.95. The topological polar surface area (TPSA) is 84.6 Å². The molecule has 186 valence electrons. The van der Waals surface area contributed by atoms with Crippen LogP contribution in [0.3, 0.4) is 0 Å². The number of aliphatic hydroxyl groups excluding tert-OH is 1. The molecule has 36 heavy (non-hydrogen) atoms. The summed E-state index contributed by atoms with van der Waals surface area (Å²) in [5.41, 5.74) is -1.54. The number of carbonyl (C=O) groups is 2. The number of imide groups is 1. The van der Waals surface area contributed by atoms with Crippen molar-refractivity contribution in [3.05, 3.63) is 76.5 Å². The van der Waals surface area contributed by atoms with Crippen LogP contribution >= 0.6 is 0 Å². The second-order valence-corrected chi connectivity index (χ2v) is 9.20. The van der Waals surface area contributed by atoms with E-state index in [0.29, 0.717) is 10.6 Å². The van der Waals surface area contributed by atoms with Crippen molar-refractivity contribution in [2.75, 3.05) is 25.1 Å². The molecule has 2 amide bonds. The van der Waals surface area contributed by atoms with Crippen LogP contribution in [0.25, 0.3) is 10.8 Å². The van der Waals surface area contributed by atoms with E-state index in [2.05, 4.69) is 0 Å². The van der Waals surface area contributed by atoms with Gasteiger partial charge in [0.2, 0.25) is 0 Å². The van der Waals surface area contributed by atoms with Crippen LogP contribution in [-0.4, -0.2) is 48.2 Å². The first-order chi connectivity index (χ1) is 16.9. The summed E-state index contributed by atoms with van der Waals surface area (Å²) in [6.45, 7) is 3.23. The van der Waals surface area contributed by atoms with Gasteiger partial charge in [-0.05, 0) is 41.0 Å². The SMILES string of the molecule is CN1/C(=C/C=C2\C(=O)N(CCCO)C(=O)C(C#N)=C2C(F)(F)F)C(C)(C)c2c1ccc1ccccc21. The molecule has 0 spiro atoms. The van der Waals surface area contributed by atoms with Crippen LogP contribution in [0, 0.1) is 11.3 Å². The zero-order valence-electron chi connectivity index (χ0n) is 20.0. The van der Waals surface area contributed by atoms with Crippen LogP contribution in [0.5, 0.6) is 0 Å². The number of alkyl halides is 3. The van der Waals surface area contributed by atoms with Crippen molar-refractivity contribution >= 4 is 28.3 Å². The fraction of sp³-hybridized carbons (Fsp3) is 0.296. The number of hydrogen-bond acceptors (Lipinski definition) is 5. The van der Waals surface area contributed by atoms with Gasteiger partial charge in [-0.25, -0.2) is 0 Å². The van der Waals surface area contributed by atoms with Crippen LogP contribution in [-0.2, 0) is 15.0 Å². The number of allylic oxidation sites excluding steroid dienone is 3. The molecule has 0 radical (unpaired) electrons. The zero-order valence-corrected chi connectivity index (χ0v) is 20.0. The van der Waals surface area contributed by atoms with Gasteiger partial charge in [0.05, 0.1) is 11.1 Å². The number of halogens is 3. The highest BCUT2D eigenvalue weighted by Crippen LogP contribution is 2.50. The van der Waals surface area contributed by atoms with Gasteiger partial charge in [-0.2, -0.15) is 18.4 Å². The van der Waals surface area contributed by atoms with Gasteiger partial charge in [-0.3, -0.25) is 14.5 Å². The maximum atomic E-state index is 14.0. The van der Waals surface area contributed by atoms with E-state index in [9.17, 15) is 28.0 Å². The zero-order chi connectivity index (χ0) is 26.4. The van der Waals surface area contributed by atoms with Crippen molar-refractivity contribution in [2.24, 2.45) is 0 Å².